The molecule has 2 fully saturated rings. The Morgan fingerprint density at radius 2 is 1.95 bits per heavy atom. The lowest BCUT2D eigenvalue weighted by Gasteiger charge is -2.33. The van der Waals surface area contributed by atoms with Crippen LogP contribution in [0.5, 0.6) is 0 Å². The molecule has 1 aromatic rings. The first kappa shape index (κ1) is 17.6. The van der Waals surface area contributed by atoms with Crippen molar-refractivity contribution in [2.75, 3.05) is 24.7 Å². The number of carbonyl (C=O) groups excluding carboxylic acids is 1. The highest BCUT2D eigenvalue weighted by Crippen LogP contribution is 2.23. The number of likely N-dealkylation sites (tertiary alicyclic amines) is 1. The molecule has 5 heteroatoms. The minimum absolute atomic E-state index is 0. The van der Waals surface area contributed by atoms with Crippen molar-refractivity contribution in [1.29, 1.82) is 0 Å². The van der Waals surface area contributed by atoms with E-state index in [4.69, 9.17) is 0 Å². The largest absolute Gasteiger partial charge is 0.341 e. The van der Waals surface area contributed by atoms with E-state index in [1.807, 2.05) is 11.8 Å². The van der Waals surface area contributed by atoms with Crippen LogP contribution in [-0.4, -0.2) is 41.6 Å². The zero-order valence-corrected chi connectivity index (χ0v) is 14.5. The summed E-state index contributed by atoms with van der Waals surface area (Å²) in [6, 6.07) is 10.8. The highest BCUT2D eigenvalue weighted by atomic mass is 35.5. The van der Waals surface area contributed by atoms with Crippen LogP contribution in [-0.2, 0) is 11.2 Å². The number of hydrogen-bond acceptors (Lipinski definition) is 3. The van der Waals surface area contributed by atoms with Gasteiger partial charge in [-0.05, 0) is 37.2 Å². The Balaban J connectivity index is 0.00000176. The number of amides is 1. The molecule has 0 bridgehead atoms. The molecule has 1 atom stereocenters. The van der Waals surface area contributed by atoms with Crippen molar-refractivity contribution in [2.24, 2.45) is 5.92 Å². The number of thioether (sulfide) groups is 1. The quantitative estimate of drug-likeness (QED) is 0.914. The van der Waals surface area contributed by atoms with E-state index in [9.17, 15) is 4.79 Å². The van der Waals surface area contributed by atoms with Gasteiger partial charge in [0.1, 0.15) is 0 Å². The fraction of sp³-hybridized carbons (Fsp3) is 0.588. The predicted octanol–water partition coefficient (Wildman–Crippen LogP) is 2.94. The van der Waals surface area contributed by atoms with Gasteiger partial charge in [-0.3, -0.25) is 10.1 Å². The molecule has 1 aromatic carbocycles. The van der Waals surface area contributed by atoms with E-state index in [1.54, 1.807) is 0 Å². The van der Waals surface area contributed by atoms with Crippen molar-refractivity contribution < 1.29 is 4.79 Å². The van der Waals surface area contributed by atoms with E-state index < -0.39 is 0 Å². The van der Waals surface area contributed by atoms with Crippen molar-refractivity contribution in [3.05, 3.63) is 35.9 Å². The van der Waals surface area contributed by atoms with Crippen LogP contribution in [0.15, 0.2) is 30.3 Å². The first-order chi connectivity index (χ1) is 10.3. The standard InChI is InChI=1S/C17H24N2OS.ClH/c20-17(16-12-21-13-18-16)19-10-8-15(9-11-19)7-6-14-4-2-1-3-5-14;/h1-5,15-16,18H,6-13H2;1H. The van der Waals surface area contributed by atoms with E-state index in [0.717, 1.165) is 30.6 Å². The fourth-order valence-electron chi connectivity index (χ4n) is 3.23. The van der Waals surface area contributed by atoms with Crippen molar-refractivity contribution in [2.45, 2.75) is 31.7 Å². The van der Waals surface area contributed by atoms with Crippen molar-refractivity contribution >= 4 is 30.1 Å². The molecule has 2 aliphatic heterocycles. The number of halogens is 1. The second kappa shape index (κ2) is 8.80. The topological polar surface area (TPSA) is 32.3 Å². The SMILES string of the molecule is Cl.O=C(C1CSCN1)N1CCC(CCc2ccccc2)CC1. The Labute approximate surface area is 143 Å². The van der Waals surface area contributed by atoms with Crippen LogP contribution in [0.3, 0.4) is 0 Å². The summed E-state index contributed by atoms with van der Waals surface area (Å²) in [4.78, 5) is 14.4. The van der Waals surface area contributed by atoms with Crippen molar-refractivity contribution in [1.82, 2.24) is 10.2 Å². The molecule has 2 aliphatic rings. The van der Waals surface area contributed by atoms with Gasteiger partial charge in [0, 0.05) is 24.7 Å². The summed E-state index contributed by atoms with van der Waals surface area (Å²) in [6.45, 7) is 1.89. The predicted molar refractivity (Wildman–Crippen MR) is 95.6 cm³/mol. The van der Waals surface area contributed by atoms with Crippen LogP contribution < -0.4 is 5.32 Å². The van der Waals surface area contributed by atoms with Gasteiger partial charge >= 0.3 is 0 Å². The normalized spacial score (nSPS) is 22.4. The number of benzene rings is 1. The minimum atomic E-state index is 0. The Kier molecular flexibility index (Phi) is 7.06. The number of nitrogens with one attached hydrogen (secondary N) is 1. The molecule has 1 amide bonds. The van der Waals surface area contributed by atoms with Gasteiger partial charge in [-0.15, -0.1) is 24.2 Å². The Hall–Kier alpha value is -0.710. The molecule has 0 saturated carbocycles. The van der Waals surface area contributed by atoms with Gasteiger partial charge in [0.2, 0.25) is 5.91 Å². The van der Waals surface area contributed by atoms with Gasteiger partial charge in [0.05, 0.1) is 6.04 Å². The fourth-order valence-corrected chi connectivity index (χ4v) is 4.16. The zero-order chi connectivity index (χ0) is 14.5. The summed E-state index contributed by atoms with van der Waals surface area (Å²) in [5.74, 6) is 2.96. The van der Waals surface area contributed by atoms with Crippen molar-refractivity contribution in [3.63, 3.8) is 0 Å². The second-order valence-electron chi connectivity index (χ2n) is 6.06. The number of nitrogens with zero attached hydrogens (tertiary/aromatic N) is 1. The van der Waals surface area contributed by atoms with Crippen LogP contribution in [0.4, 0.5) is 0 Å². The first-order valence-corrected chi connectivity index (χ1v) is 9.12. The lowest BCUT2D eigenvalue weighted by molar-refractivity contribution is -0.134. The molecule has 3 nitrogen and oxygen atoms in total. The Morgan fingerprint density at radius 1 is 1.23 bits per heavy atom. The van der Waals surface area contributed by atoms with Crippen molar-refractivity contribution in [3.8, 4) is 0 Å². The maximum atomic E-state index is 12.3. The van der Waals surface area contributed by atoms with E-state index in [0.29, 0.717) is 5.91 Å². The zero-order valence-electron chi connectivity index (χ0n) is 12.9. The van der Waals surface area contributed by atoms with E-state index in [2.05, 4.69) is 40.5 Å². The molecule has 0 spiro atoms. The minimum Gasteiger partial charge on any atom is -0.341 e. The van der Waals surface area contributed by atoms with Gasteiger partial charge in [-0.25, -0.2) is 0 Å². The highest BCUT2D eigenvalue weighted by Gasteiger charge is 2.29. The first-order valence-electron chi connectivity index (χ1n) is 7.97. The third kappa shape index (κ3) is 4.64. The van der Waals surface area contributed by atoms with E-state index in [-0.39, 0.29) is 18.4 Å². The van der Waals surface area contributed by atoms with Gasteiger partial charge in [0.25, 0.3) is 0 Å². The smallest absolute Gasteiger partial charge is 0.240 e. The van der Waals surface area contributed by atoms with Crippen LogP contribution in [0.25, 0.3) is 0 Å². The maximum absolute atomic E-state index is 12.3. The molecular weight excluding hydrogens is 316 g/mol. The second-order valence-corrected chi connectivity index (χ2v) is 7.10. The van der Waals surface area contributed by atoms with Crippen LogP contribution in [0.2, 0.25) is 0 Å². The lowest BCUT2D eigenvalue weighted by atomic mass is 9.90. The molecular formula is C17H25ClN2OS. The number of piperidine rings is 1. The van der Waals surface area contributed by atoms with E-state index >= 15 is 0 Å². The van der Waals surface area contributed by atoms with Gasteiger partial charge in [-0.2, -0.15) is 0 Å². The maximum Gasteiger partial charge on any atom is 0.240 e. The van der Waals surface area contributed by atoms with Crippen LogP contribution >= 0.6 is 24.2 Å². The number of rotatable bonds is 4. The number of hydrogen-bond donors (Lipinski definition) is 1. The summed E-state index contributed by atoms with van der Waals surface area (Å²) < 4.78 is 0. The van der Waals surface area contributed by atoms with Gasteiger partial charge in [0.15, 0.2) is 0 Å². The average Bonchev–Trinajstić information content (AvgIpc) is 3.08. The molecule has 0 radical (unpaired) electrons. The molecule has 22 heavy (non-hydrogen) atoms. The summed E-state index contributed by atoms with van der Waals surface area (Å²) in [7, 11) is 0. The van der Waals surface area contributed by atoms with Gasteiger partial charge in [-0.1, -0.05) is 30.3 Å². The molecule has 0 aromatic heterocycles. The third-order valence-corrected chi connectivity index (χ3v) is 5.56. The molecule has 2 saturated heterocycles. The summed E-state index contributed by atoms with van der Waals surface area (Å²) >= 11 is 1.82. The molecule has 0 aliphatic carbocycles. The molecule has 2 heterocycles. The molecule has 3 rings (SSSR count). The third-order valence-electron chi connectivity index (χ3n) is 4.62. The summed E-state index contributed by atoms with van der Waals surface area (Å²) in [5, 5.41) is 3.28. The highest BCUT2D eigenvalue weighted by molar-refractivity contribution is 7.99. The van der Waals surface area contributed by atoms with Crippen LogP contribution in [0.1, 0.15) is 24.8 Å². The monoisotopic (exact) mass is 340 g/mol. The average molecular weight is 341 g/mol. The lowest BCUT2D eigenvalue weighted by Crippen LogP contribution is -2.48. The number of carbonyl (C=O) groups is 1. The molecule has 1 N–H and O–H groups in total. The molecule has 1 unspecified atom stereocenters. The van der Waals surface area contributed by atoms with E-state index in [1.165, 1.54) is 31.2 Å². The molecule has 122 valence electrons. The van der Waals surface area contributed by atoms with Crippen LogP contribution in [0, 0.1) is 5.92 Å². The Bertz CT molecular complexity index is 457. The summed E-state index contributed by atoms with van der Waals surface area (Å²) in [5.41, 5.74) is 1.43. The summed E-state index contributed by atoms with van der Waals surface area (Å²) in [6.07, 6.45) is 4.75. The Morgan fingerprint density at radius 3 is 2.59 bits per heavy atom. The van der Waals surface area contributed by atoms with Gasteiger partial charge < -0.3 is 4.90 Å². The number of aryl methyl sites for hydroxylation is 1.